The molecule has 22 heavy (non-hydrogen) atoms. The maximum atomic E-state index is 12.0. The fourth-order valence-electron chi connectivity index (χ4n) is 1.56. The van der Waals surface area contributed by atoms with Crippen LogP contribution in [0.4, 0.5) is 10.5 Å². The first-order valence-corrected chi connectivity index (χ1v) is 6.93. The summed E-state index contributed by atoms with van der Waals surface area (Å²) >= 11 is 0. The number of amides is 3. The Labute approximate surface area is 137 Å². The normalized spacial score (nSPS) is 10.6. The number of carbonyl (C=O) groups is 2. The molecule has 1 aromatic rings. The second-order valence-electron chi connectivity index (χ2n) is 5.87. The zero-order chi connectivity index (χ0) is 16.0. The van der Waals surface area contributed by atoms with E-state index in [-0.39, 0.29) is 30.4 Å². The van der Waals surface area contributed by atoms with E-state index < -0.39 is 5.54 Å². The van der Waals surface area contributed by atoms with Crippen molar-refractivity contribution in [3.05, 3.63) is 29.8 Å². The van der Waals surface area contributed by atoms with Gasteiger partial charge in [0.05, 0.1) is 0 Å². The van der Waals surface area contributed by atoms with Crippen LogP contribution in [0.15, 0.2) is 24.3 Å². The summed E-state index contributed by atoms with van der Waals surface area (Å²) in [7, 11) is 0. The minimum atomic E-state index is -0.453. The molecule has 0 spiro atoms. The average Bonchev–Trinajstić information content (AvgIpc) is 2.38. The van der Waals surface area contributed by atoms with Gasteiger partial charge in [0.15, 0.2) is 0 Å². The van der Waals surface area contributed by atoms with Crippen LogP contribution in [0.1, 0.15) is 38.1 Å². The Morgan fingerprint density at radius 3 is 2.18 bits per heavy atom. The molecule has 124 valence electrons. The number of nitrogens with one attached hydrogen (secondary N) is 3. The van der Waals surface area contributed by atoms with Gasteiger partial charge in [-0.05, 0) is 52.0 Å². The van der Waals surface area contributed by atoms with Crippen molar-refractivity contribution in [3.8, 4) is 0 Å². The molecule has 5 N–H and O–H groups in total. The van der Waals surface area contributed by atoms with Gasteiger partial charge < -0.3 is 21.7 Å². The molecule has 7 heteroatoms. The third-order valence-corrected chi connectivity index (χ3v) is 2.79. The molecule has 0 saturated heterocycles. The number of anilines is 1. The number of hydrogen-bond acceptors (Lipinski definition) is 3. The molecule has 3 amide bonds. The fraction of sp³-hybridized carbons (Fsp3) is 0.467. The summed E-state index contributed by atoms with van der Waals surface area (Å²) in [6, 6.07) is 6.48. The molecule has 1 rings (SSSR count). The van der Waals surface area contributed by atoms with Crippen molar-refractivity contribution < 1.29 is 9.59 Å². The van der Waals surface area contributed by atoms with Gasteiger partial charge in [0.1, 0.15) is 0 Å². The predicted octanol–water partition coefficient (Wildman–Crippen LogP) is 2.11. The van der Waals surface area contributed by atoms with E-state index in [2.05, 4.69) is 16.0 Å². The molecule has 0 unspecified atom stereocenters. The zero-order valence-corrected chi connectivity index (χ0v) is 14.2. The van der Waals surface area contributed by atoms with Crippen LogP contribution >= 0.6 is 12.4 Å². The summed E-state index contributed by atoms with van der Waals surface area (Å²) in [6.45, 7) is 7.83. The zero-order valence-electron chi connectivity index (χ0n) is 13.4. The van der Waals surface area contributed by atoms with Crippen LogP contribution in [0.3, 0.4) is 0 Å². The van der Waals surface area contributed by atoms with E-state index in [0.717, 1.165) is 0 Å². The van der Waals surface area contributed by atoms with Gasteiger partial charge in [0, 0.05) is 29.4 Å². The molecule has 0 aliphatic carbocycles. The Hall–Kier alpha value is -1.79. The number of nitrogens with two attached hydrogens (primary N) is 1. The van der Waals surface area contributed by atoms with Gasteiger partial charge in [-0.3, -0.25) is 4.79 Å². The Bertz CT molecular complexity index is 501. The highest BCUT2D eigenvalue weighted by atomic mass is 35.5. The van der Waals surface area contributed by atoms with Gasteiger partial charge in [-0.2, -0.15) is 0 Å². The van der Waals surface area contributed by atoms with Crippen LogP contribution in [0, 0.1) is 0 Å². The van der Waals surface area contributed by atoms with Crippen molar-refractivity contribution in [2.45, 2.75) is 39.3 Å². The van der Waals surface area contributed by atoms with E-state index >= 15 is 0 Å². The summed E-state index contributed by atoms with van der Waals surface area (Å²) in [6.07, 6.45) is 0. The Morgan fingerprint density at radius 2 is 1.73 bits per heavy atom. The van der Waals surface area contributed by atoms with Crippen LogP contribution in [-0.4, -0.2) is 30.1 Å². The average molecular weight is 329 g/mol. The molecular weight excluding hydrogens is 304 g/mol. The first kappa shape index (κ1) is 20.2. The predicted molar refractivity (Wildman–Crippen MR) is 91.6 cm³/mol. The van der Waals surface area contributed by atoms with Crippen LogP contribution in [0.25, 0.3) is 0 Å². The molecule has 0 radical (unpaired) electrons. The lowest BCUT2D eigenvalue weighted by molar-refractivity contribution is 0.0915. The lowest BCUT2D eigenvalue weighted by atomic mass is 10.1. The van der Waals surface area contributed by atoms with Gasteiger partial charge in [-0.1, -0.05) is 0 Å². The molecule has 0 atom stereocenters. The maximum Gasteiger partial charge on any atom is 0.319 e. The second-order valence-corrected chi connectivity index (χ2v) is 5.87. The Morgan fingerprint density at radius 1 is 1.18 bits per heavy atom. The van der Waals surface area contributed by atoms with Gasteiger partial charge in [0.2, 0.25) is 0 Å². The number of halogens is 1. The first-order valence-electron chi connectivity index (χ1n) is 6.93. The van der Waals surface area contributed by atoms with E-state index in [1.165, 1.54) is 0 Å². The van der Waals surface area contributed by atoms with Crippen molar-refractivity contribution in [2.75, 3.05) is 11.9 Å². The van der Waals surface area contributed by atoms with E-state index in [4.69, 9.17) is 5.73 Å². The van der Waals surface area contributed by atoms with Gasteiger partial charge >= 0.3 is 6.03 Å². The van der Waals surface area contributed by atoms with Gasteiger partial charge in [-0.15, -0.1) is 12.4 Å². The molecule has 0 fully saturated rings. The van der Waals surface area contributed by atoms with Gasteiger partial charge in [-0.25, -0.2) is 4.79 Å². The molecule has 0 saturated carbocycles. The van der Waals surface area contributed by atoms with Crippen molar-refractivity contribution in [1.29, 1.82) is 0 Å². The lowest BCUT2D eigenvalue weighted by Crippen LogP contribution is -2.48. The summed E-state index contributed by atoms with van der Waals surface area (Å²) in [5.74, 6) is -0.191. The molecule has 0 aliphatic heterocycles. The molecule has 6 nitrogen and oxygen atoms in total. The molecule has 0 heterocycles. The third-order valence-electron chi connectivity index (χ3n) is 2.79. The quantitative estimate of drug-likeness (QED) is 0.666. The maximum absolute atomic E-state index is 12.0. The number of hydrogen-bond donors (Lipinski definition) is 4. The Balaban J connectivity index is 0.00000441. The molecule has 0 aliphatic rings. The highest BCUT2D eigenvalue weighted by molar-refractivity contribution is 5.96. The van der Waals surface area contributed by atoms with Crippen LogP contribution in [0.5, 0.6) is 0 Å². The van der Waals surface area contributed by atoms with E-state index in [9.17, 15) is 9.59 Å². The van der Waals surface area contributed by atoms with Crippen LogP contribution in [-0.2, 0) is 0 Å². The highest BCUT2D eigenvalue weighted by Gasteiger charge is 2.19. The third kappa shape index (κ3) is 6.78. The van der Waals surface area contributed by atoms with E-state index in [1.807, 2.05) is 27.7 Å². The van der Waals surface area contributed by atoms with E-state index in [1.54, 1.807) is 24.3 Å². The van der Waals surface area contributed by atoms with Crippen molar-refractivity contribution in [1.82, 2.24) is 10.6 Å². The number of benzene rings is 1. The SMILES string of the molecule is CC(C)NC(=O)Nc1ccc(C(=O)NC(C)(C)CN)cc1.Cl. The van der Waals surface area contributed by atoms with Crippen molar-refractivity contribution in [2.24, 2.45) is 5.73 Å². The van der Waals surface area contributed by atoms with Crippen molar-refractivity contribution >= 4 is 30.0 Å². The molecule has 1 aromatic carbocycles. The molecule has 0 aromatic heterocycles. The number of rotatable bonds is 5. The minimum absolute atomic E-state index is 0. The monoisotopic (exact) mass is 328 g/mol. The van der Waals surface area contributed by atoms with Crippen molar-refractivity contribution in [3.63, 3.8) is 0 Å². The topological polar surface area (TPSA) is 96.2 Å². The first-order chi connectivity index (χ1) is 9.73. The molecular formula is C15H25ClN4O2. The van der Waals surface area contributed by atoms with E-state index in [0.29, 0.717) is 17.8 Å². The summed E-state index contributed by atoms with van der Waals surface area (Å²) in [4.78, 5) is 23.6. The summed E-state index contributed by atoms with van der Waals surface area (Å²) in [5.41, 5.74) is 6.28. The van der Waals surface area contributed by atoms with Crippen LogP contribution in [0.2, 0.25) is 0 Å². The number of urea groups is 1. The molecule has 0 bridgehead atoms. The summed E-state index contributed by atoms with van der Waals surface area (Å²) in [5, 5.41) is 8.27. The van der Waals surface area contributed by atoms with Gasteiger partial charge in [0.25, 0.3) is 5.91 Å². The second kappa shape index (κ2) is 8.60. The number of carbonyl (C=O) groups excluding carboxylic acids is 2. The Kier molecular flexibility index (Phi) is 7.90. The minimum Gasteiger partial charge on any atom is -0.346 e. The summed E-state index contributed by atoms with van der Waals surface area (Å²) < 4.78 is 0. The smallest absolute Gasteiger partial charge is 0.319 e. The largest absolute Gasteiger partial charge is 0.346 e. The highest BCUT2D eigenvalue weighted by Crippen LogP contribution is 2.11. The van der Waals surface area contributed by atoms with Crippen LogP contribution < -0.4 is 21.7 Å². The lowest BCUT2D eigenvalue weighted by Gasteiger charge is -2.24. The standard InChI is InChI=1S/C15H24N4O2.ClH/c1-10(2)17-14(21)18-12-7-5-11(6-8-12)13(20)19-15(3,4)9-16;/h5-8,10H,9,16H2,1-4H3,(H,19,20)(H2,17,18,21);1H. The fourth-order valence-corrected chi connectivity index (χ4v) is 1.56.